The summed E-state index contributed by atoms with van der Waals surface area (Å²) in [5.74, 6) is -0.147. The van der Waals surface area contributed by atoms with Gasteiger partial charge in [-0.2, -0.15) is 0 Å². The average molecular weight is 238 g/mol. The minimum absolute atomic E-state index is 0.305. The van der Waals surface area contributed by atoms with Crippen LogP contribution in [0, 0.1) is 5.92 Å². The van der Waals surface area contributed by atoms with Crippen molar-refractivity contribution in [1.82, 2.24) is 0 Å². The van der Waals surface area contributed by atoms with Crippen molar-refractivity contribution in [3.05, 3.63) is 37.0 Å². The first kappa shape index (κ1) is 14.2. The zero-order chi connectivity index (χ0) is 12.7. The van der Waals surface area contributed by atoms with Gasteiger partial charge in [0, 0.05) is 5.92 Å². The van der Waals surface area contributed by atoms with Gasteiger partial charge in [-0.3, -0.25) is 0 Å². The highest BCUT2D eigenvalue weighted by Crippen LogP contribution is 2.20. The Morgan fingerprint density at radius 1 is 1.41 bits per heavy atom. The molecule has 0 N–H and O–H groups in total. The molecule has 0 radical (unpaired) electrons. The largest absolute Gasteiger partial charge is 0.376 e. The van der Waals surface area contributed by atoms with Crippen LogP contribution in [0.3, 0.4) is 0 Å². The maximum atomic E-state index is 5.56. The molecular weight excluding hydrogens is 216 g/mol. The van der Waals surface area contributed by atoms with Crippen LogP contribution >= 0.6 is 0 Å². The molecular formula is C14H22O3. The molecule has 1 aliphatic rings. The Bertz CT molecular complexity index is 282. The summed E-state index contributed by atoms with van der Waals surface area (Å²) in [6.45, 7) is 13.9. The van der Waals surface area contributed by atoms with Crippen molar-refractivity contribution in [2.75, 3.05) is 26.4 Å². The van der Waals surface area contributed by atoms with Crippen LogP contribution in [0.25, 0.3) is 0 Å². The molecule has 0 amide bonds. The lowest BCUT2D eigenvalue weighted by Crippen LogP contribution is -2.40. The number of rotatable bonds is 6. The molecule has 0 atom stereocenters. The van der Waals surface area contributed by atoms with E-state index in [2.05, 4.69) is 13.2 Å². The van der Waals surface area contributed by atoms with Gasteiger partial charge in [0.2, 0.25) is 0 Å². The molecule has 0 aromatic rings. The van der Waals surface area contributed by atoms with E-state index >= 15 is 0 Å². The second-order valence-corrected chi connectivity index (χ2v) is 4.66. The van der Waals surface area contributed by atoms with E-state index in [0.717, 1.165) is 5.57 Å². The molecule has 17 heavy (non-hydrogen) atoms. The summed E-state index contributed by atoms with van der Waals surface area (Å²) in [4.78, 5) is 0. The standard InChI is InChI=1S/C14H22O3/c1-5-6-7-12(2)8-15-9-13-10-16-14(3,4)17-11-13/h5-7,13H,1-2,8-11H2,3-4H3/b7-6-. The van der Waals surface area contributed by atoms with Gasteiger partial charge in [0.15, 0.2) is 5.79 Å². The molecule has 1 saturated heterocycles. The Balaban J connectivity index is 2.14. The van der Waals surface area contributed by atoms with Crippen molar-refractivity contribution in [3.8, 4) is 0 Å². The number of ether oxygens (including phenoxy) is 3. The summed E-state index contributed by atoms with van der Waals surface area (Å²) in [5, 5.41) is 0. The van der Waals surface area contributed by atoms with Crippen molar-refractivity contribution in [2.24, 2.45) is 5.92 Å². The molecule has 0 aliphatic carbocycles. The molecule has 3 heteroatoms. The molecule has 1 rings (SSSR count). The smallest absolute Gasteiger partial charge is 0.162 e. The van der Waals surface area contributed by atoms with Gasteiger partial charge in [-0.25, -0.2) is 0 Å². The number of allylic oxidation sites excluding steroid dienone is 2. The number of hydrogen-bond donors (Lipinski definition) is 0. The van der Waals surface area contributed by atoms with Crippen LogP contribution in [0.5, 0.6) is 0 Å². The minimum Gasteiger partial charge on any atom is -0.376 e. The zero-order valence-corrected chi connectivity index (χ0v) is 10.8. The lowest BCUT2D eigenvalue weighted by molar-refractivity contribution is -0.266. The summed E-state index contributed by atoms with van der Waals surface area (Å²) in [5.41, 5.74) is 0.933. The summed E-state index contributed by atoms with van der Waals surface area (Å²) in [6, 6.07) is 0. The monoisotopic (exact) mass is 238 g/mol. The molecule has 1 aliphatic heterocycles. The van der Waals surface area contributed by atoms with Crippen molar-refractivity contribution in [2.45, 2.75) is 19.6 Å². The third kappa shape index (κ3) is 5.82. The van der Waals surface area contributed by atoms with Crippen LogP contribution < -0.4 is 0 Å². The highest BCUT2D eigenvalue weighted by molar-refractivity contribution is 5.18. The molecule has 0 saturated carbocycles. The van der Waals surface area contributed by atoms with Gasteiger partial charge in [-0.1, -0.05) is 31.4 Å². The van der Waals surface area contributed by atoms with E-state index in [0.29, 0.717) is 32.3 Å². The van der Waals surface area contributed by atoms with E-state index in [1.54, 1.807) is 6.08 Å². The average Bonchev–Trinajstić information content (AvgIpc) is 2.29. The fourth-order valence-corrected chi connectivity index (χ4v) is 1.43. The Hall–Kier alpha value is -0.900. The van der Waals surface area contributed by atoms with Gasteiger partial charge in [0.1, 0.15) is 0 Å². The van der Waals surface area contributed by atoms with Gasteiger partial charge < -0.3 is 14.2 Å². The fraction of sp³-hybridized carbons (Fsp3) is 0.571. The Morgan fingerprint density at radius 3 is 2.65 bits per heavy atom. The molecule has 3 nitrogen and oxygen atoms in total. The number of hydrogen-bond acceptors (Lipinski definition) is 3. The van der Waals surface area contributed by atoms with Crippen molar-refractivity contribution < 1.29 is 14.2 Å². The summed E-state index contributed by atoms with van der Waals surface area (Å²) in [6.07, 6.45) is 5.46. The predicted octanol–water partition coefficient (Wildman–Crippen LogP) is 2.70. The van der Waals surface area contributed by atoms with E-state index in [9.17, 15) is 0 Å². The first-order valence-corrected chi connectivity index (χ1v) is 5.86. The van der Waals surface area contributed by atoms with E-state index in [4.69, 9.17) is 14.2 Å². The van der Waals surface area contributed by atoms with Crippen molar-refractivity contribution >= 4 is 0 Å². The molecule has 1 heterocycles. The molecule has 0 bridgehead atoms. The first-order valence-electron chi connectivity index (χ1n) is 5.86. The lowest BCUT2D eigenvalue weighted by atomic mass is 10.1. The van der Waals surface area contributed by atoms with Crippen LogP contribution in [-0.4, -0.2) is 32.2 Å². The highest BCUT2D eigenvalue weighted by Gasteiger charge is 2.28. The SMILES string of the molecule is C=C/C=C\C(=C)COCC1COC(C)(C)OC1. The quantitative estimate of drug-likeness (QED) is 0.666. The van der Waals surface area contributed by atoms with Gasteiger partial charge in [-0.05, 0) is 19.4 Å². The highest BCUT2D eigenvalue weighted by atomic mass is 16.7. The molecule has 0 aromatic carbocycles. The van der Waals surface area contributed by atoms with Crippen molar-refractivity contribution in [1.29, 1.82) is 0 Å². The third-order valence-electron chi connectivity index (χ3n) is 2.44. The lowest BCUT2D eigenvalue weighted by Gasteiger charge is -2.34. The minimum atomic E-state index is -0.452. The second kappa shape index (κ2) is 6.74. The zero-order valence-electron chi connectivity index (χ0n) is 10.8. The summed E-state index contributed by atoms with van der Waals surface area (Å²) in [7, 11) is 0. The van der Waals surface area contributed by atoms with Crippen LogP contribution in [0.2, 0.25) is 0 Å². The second-order valence-electron chi connectivity index (χ2n) is 4.66. The van der Waals surface area contributed by atoms with Crippen LogP contribution in [0.1, 0.15) is 13.8 Å². The van der Waals surface area contributed by atoms with Crippen LogP contribution in [0.15, 0.2) is 37.0 Å². The molecule has 0 aromatic heterocycles. The van der Waals surface area contributed by atoms with Gasteiger partial charge >= 0.3 is 0 Å². The van der Waals surface area contributed by atoms with E-state index < -0.39 is 5.79 Å². The van der Waals surface area contributed by atoms with Crippen molar-refractivity contribution in [3.63, 3.8) is 0 Å². The van der Waals surface area contributed by atoms with Crippen LogP contribution in [-0.2, 0) is 14.2 Å². The van der Waals surface area contributed by atoms with E-state index in [1.165, 1.54) is 0 Å². The maximum absolute atomic E-state index is 5.56. The topological polar surface area (TPSA) is 27.7 Å². The third-order valence-corrected chi connectivity index (χ3v) is 2.44. The normalized spacial score (nSPS) is 20.6. The predicted molar refractivity (Wildman–Crippen MR) is 68.8 cm³/mol. The Kier molecular flexibility index (Phi) is 5.62. The Morgan fingerprint density at radius 2 is 2.06 bits per heavy atom. The van der Waals surface area contributed by atoms with E-state index in [-0.39, 0.29) is 0 Å². The molecule has 0 unspecified atom stereocenters. The first-order chi connectivity index (χ1) is 8.03. The summed E-state index contributed by atoms with van der Waals surface area (Å²) >= 11 is 0. The van der Waals surface area contributed by atoms with Crippen LogP contribution in [0.4, 0.5) is 0 Å². The van der Waals surface area contributed by atoms with Gasteiger partial charge in [0.25, 0.3) is 0 Å². The van der Waals surface area contributed by atoms with Gasteiger partial charge in [-0.15, -0.1) is 0 Å². The van der Waals surface area contributed by atoms with E-state index in [1.807, 2.05) is 26.0 Å². The fourth-order valence-electron chi connectivity index (χ4n) is 1.43. The maximum Gasteiger partial charge on any atom is 0.162 e. The molecule has 0 spiro atoms. The Labute approximate surface area is 104 Å². The summed E-state index contributed by atoms with van der Waals surface area (Å²) < 4.78 is 16.7. The molecule has 1 fully saturated rings. The van der Waals surface area contributed by atoms with Gasteiger partial charge in [0.05, 0.1) is 26.4 Å². The molecule has 96 valence electrons.